The van der Waals surface area contributed by atoms with Gasteiger partial charge in [-0.05, 0) is 42.0 Å². The van der Waals surface area contributed by atoms with E-state index >= 15 is 0 Å². The molecule has 1 aromatic heterocycles. The lowest BCUT2D eigenvalue weighted by molar-refractivity contribution is 0.483. The molecule has 0 aliphatic carbocycles. The minimum absolute atomic E-state index is 0.801. The predicted molar refractivity (Wildman–Crippen MR) is 117 cm³/mol. The maximum Gasteiger partial charge on any atom is 0.206 e. The number of hydrogen-bond donors (Lipinski definition) is 0. The van der Waals surface area contributed by atoms with Gasteiger partial charge in [-0.25, -0.2) is 9.99 Å². The van der Waals surface area contributed by atoms with Gasteiger partial charge in [0.15, 0.2) is 0 Å². The number of nitrogens with zero attached hydrogens (tertiary/aromatic N) is 3. The summed E-state index contributed by atoms with van der Waals surface area (Å²) >= 11 is 1.56. The summed E-state index contributed by atoms with van der Waals surface area (Å²) in [6.07, 6.45) is 1.83. The molecule has 0 radical (unpaired) electrons. The smallest absolute Gasteiger partial charge is 0.206 e. The first-order valence-corrected chi connectivity index (χ1v) is 9.77. The van der Waals surface area contributed by atoms with Crippen molar-refractivity contribution in [1.29, 1.82) is 0 Å². The lowest BCUT2D eigenvalue weighted by Crippen LogP contribution is -2.08. The molecule has 0 aliphatic rings. The van der Waals surface area contributed by atoms with Gasteiger partial charge in [0.25, 0.3) is 0 Å². The SMILES string of the molecule is CN(N=Cc1ccccc1)c1nc(-c2ccc(Oc3ccccc3)cc2)cs1. The second kappa shape index (κ2) is 8.50. The Balaban J connectivity index is 1.44. The van der Waals surface area contributed by atoms with E-state index in [0.717, 1.165) is 33.5 Å². The third-order valence-electron chi connectivity index (χ3n) is 4.08. The van der Waals surface area contributed by atoms with Gasteiger partial charge in [0, 0.05) is 18.0 Å². The summed E-state index contributed by atoms with van der Waals surface area (Å²) in [6.45, 7) is 0. The van der Waals surface area contributed by atoms with Gasteiger partial charge in [-0.1, -0.05) is 48.5 Å². The fourth-order valence-corrected chi connectivity index (χ4v) is 3.36. The molecule has 4 nitrogen and oxygen atoms in total. The highest BCUT2D eigenvalue weighted by molar-refractivity contribution is 7.14. The number of rotatable bonds is 6. The maximum atomic E-state index is 5.84. The monoisotopic (exact) mass is 385 g/mol. The molecule has 0 spiro atoms. The minimum Gasteiger partial charge on any atom is -0.457 e. The Morgan fingerprint density at radius 3 is 2.21 bits per heavy atom. The Bertz CT molecular complexity index is 1040. The van der Waals surface area contributed by atoms with Crippen LogP contribution in [0.25, 0.3) is 11.3 Å². The summed E-state index contributed by atoms with van der Waals surface area (Å²) in [5.41, 5.74) is 3.02. The van der Waals surface area contributed by atoms with E-state index < -0.39 is 0 Å². The van der Waals surface area contributed by atoms with Crippen LogP contribution in [0.2, 0.25) is 0 Å². The molecule has 0 atom stereocenters. The number of thiazole rings is 1. The molecule has 0 N–H and O–H groups in total. The number of hydrazone groups is 1. The van der Waals surface area contributed by atoms with Crippen LogP contribution in [0, 0.1) is 0 Å². The van der Waals surface area contributed by atoms with Crippen LogP contribution in [0.15, 0.2) is 95.4 Å². The van der Waals surface area contributed by atoms with Gasteiger partial charge < -0.3 is 4.74 Å². The molecular formula is C23H19N3OS. The van der Waals surface area contributed by atoms with Gasteiger partial charge in [0.2, 0.25) is 5.13 Å². The number of benzene rings is 3. The van der Waals surface area contributed by atoms with Crippen molar-refractivity contribution in [3.05, 3.63) is 95.9 Å². The summed E-state index contributed by atoms with van der Waals surface area (Å²) in [6, 6.07) is 27.7. The molecule has 0 bridgehead atoms. The highest BCUT2D eigenvalue weighted by atomic mass is 32.1. The predicted octanol–water partition coefficient (Wildman–Crippen LogP) is 6.07. The van der Waals surface area contributed by atoms with E-state index in [4.69, 9.17) is 9.72 Å². The summed E-state index contributed by atoms with van der Waals surface area (Å²) in [7, 11) is 1.90. The van der Waals surface area contributed by atoms with Crippen molar-refractivity contribution in [2.45, 2.75) is 0 Å². The second-order valence-corrected chi connectivity index (χ2v) is 6.97. The molecule has 0 unspecified atom stereocenters. The molecule has 0 fully saturated rings. The van der Waals surface area contributed by atoms with Gasteiger partial charge in [-0.2, -0.15) is 5.10 Å². The van der Waals surface area contributed by atoms with Crippen LogP contribution in [0.5, 0.6) is 11.5 Å². The van der Waals surface area contributed by atoms with Crippen LogP contribution in [0.4, 0.5) is 5.13 Å². The molecule has 4 rings (SSSR count). The average Bonchev–Trinajstić information content (AvgIpc) is 3.24. The van der Waals surface area contributed by atoms with E-state index in [2.05, 4.69) is 5.10 Å². The lowest BCUT2D eigenvalue weighted by atomic mass is 10.2. The Hall–Kier alpha value is -3.44. The zero-order chi connectivity index (χ0) is 19.2. The molecule has 138 valence electrons. The van der Waals surface area contributed by atoms with Crippen LogP contribution in [0.3, 0.4) is 0 Å². The first kappa shape index (κ1) is 17.9. The van der Waals surface area contributed by atoms with E-state index in [0.29, 0.717) is 0 Å². The number of ether oxygens (including phenoxy) is 1. The van der Waals surface area contributed by atoms with E-state index in [1.54, 1.807) is 16.3 Å². The maximum absolute atomic E-state index is 5.84. The quantitative estimate of drug-likeness (QED) is 0.298. The first-order valence-electron chi connectivity index (χ1n) is 8.89. The number of hydrogen-bond acceptors (Lipinski definition) is 5. The third kappa shape index (κ3) is 4.45. The van der Waals surface area contributed by atoms with Crippen molar-refractivity contribution < 1.29 is 4.74 Å². The van der Waals surface area contributed by atoms with Crippen molar-refractivity contribution >= 4 is 22.7 Å². The summed E-state index contributed by atoms with van der Waals surface area (Å²) < 4.78 is 5.84. The Morgan fingerprint density at radius 2 is 1.50 bits per heavy atom. The van der Waals surface area contributed by atoms with Gasteiger partial charge >= 0.3 is 0 Å². The van der Waals surface area contributed by atoms with Gasteiger partial charge in [-0.3, -0.25) is 0 Å². The first-order chi connectivity index (χ1) is 13.8. The minimum atomic E-state index is 0.801. The molecular weight excluding hydrogens is 366 g/mol. The highest BCUT2D eigenvalue weighted by Crippen LogP contribution is 2.29. The summed E-state index contributed by atoms with van der Waals surface area (Å²) in [5.74, 6) is 1.62. The zero-order valence-corrected chi connectivity index (χ0v) is 16.2. The van der Waals surface area contributed by atoms with Gasteiger partial charge in [0.05, 0.1) is 11.9 Å². The Kier molecular flexibility index (Phi) is 5.45. The summed E-state index contributed by atoms with van der Waals surface area (Å²) in [4.78, 5) is 4.70. The number of aromatic nitrogens is 1. The normalized spacial score (nSPS) is 10.9. The van der Waals surface area contributed by atoms with Crippen LogP contribution < -0.4 is 9.75 Å². The number of para-hydroxylation sites is 1. The largest absolute Gasteiger partial charge is 0.457 e. The molecule has 0 saturated carbocycles. The second-order valence-electron chi connectivity index (χ2n) is 6.13. The highest BCUT2D eigenvalue weighted by Gasteiger charge is 2.08. The lowest BCUT2D eigenvalue weighted by Gasteiger charge is -2.08. The van der Waals surface area contributed by atoms with E-state index in [-0.39, 0.29) is 0 Å². The van der Waals surface area contributed by atoms with Crippen molar-refractivity contribution in [1.82, 2.24) is 4.98 Å². The average molecular weight is 385 g/mol. The van der Waals surface area contributed by atoms with Crippen LogP contribution >= 0.6 is 11.3 Å². The zero-order valence-electron chi connectivity index (χ0n) is 15.4. The topological polar surface area (TPSA) is 37.7 Å². The van der Waals surface area contributed by atoms with Crippen LogP contribution in [-0.2, 0) is 0 Å². The molecule has 3 aromatic carbocycles. The fraction of sp³-hybridized carbons (Fsp3) is 0.0435. The van der Waals surface area contributed by atoms with Gasteiger partial charge in [-0.15, -0.1) is 11.3 Å². The van der Waals surface area contributed by atoms with Crippen molar-refractivity contribution in [3.8, 4) is 22.8 Å². The molecule has 0 saturated heterocycles. The fourth-order valence-electron chi connectivity index (χ4n) is 2.61. The van der Waals surface area contributed by atoms with Crippen molar-refractivity contribution in [3.63, 3.8) is 0 Å². The van der Waals surface area contributed by atoms with Crippen molar-refractivity contribution in [2.24, 2.45) is 5.10 Å². The van der Waals surface area contributed by atoms with Crippen LogP contribution in [-0.4, -0.2) is 18.2 Å². The molecule has 1 heterocycles. The Labute approximate surface area is 168 Å². The molecule has 0 amide bonds. The standard InChI is InChI=1S/C23H19N3OS/c1-26(24-16-18-8-4-2-5-9-18)23-25-22(17-28-23)19-12-14-21(15-13-19)27-20-10-6-3-7-11-20/h2-17H,1H3. The summed E-state index contributed by atoms with van der Waals surface area (Å²) in [5, 5.41) is 9.13. The molecule has 5 heteroatoms. The Morgan fingerprint density at radius 1 is 0.857 bits per heavy atom. The molecule has 4 aromatic rings. The van der Waals surface area contributed by atoms with E-state index in [1.807, 2.05) is 104 Å². The molecule has 0 aliphatic heterocycles. The van der Waals surface area contributed by atoms with E-state index in [9.17, 15) is 0 Å². The van der Waals surface area contributed by atoms with Gasteiger partial charge in [0.1, 0.15) is 11.5 Å². The molecule has 28 heavy (non-hydrogen) atoms. The van der Waals surface area contributed by atoms with Crippen molar-refractivity contribution in [2.75, 3.05) is 12.1 Å². The van der Waals surface area contributed by atoms with E-state index in [1.165, 1.54) is 0 Å². The number of anilines is 1. The third-order valence-corrected chi connectivity index (χ3v) is 4.98. The van der Waals surface area contributed by atoms with Crippen LogP contribution in [0.1, 0.15) is 5.56 Å².